The van der Waals surface area contributed by atoms with E-state index in [0.29, 0.717) is 33.7 Å². The van der Waals surface area contributed by atoms with Crippen molar-refractivity contribution < 1.29 is 19.1 Å². The van der Waals surface area contributed by atoms with E-state index >= 15 is 0 Å². The number of aliphatic imine (C=N–C) groups is 1. The van der Waals surface area contributed by atoms with Gasteiger partial charge in [-0.3, -0.25) is 9.69 Å². The van der Waals surface area contributed by atoms with E-state index in [2.05, 4.69) is 6.92 Å². The molecule has 0 unspecified atom stereocenters. The van der Waals surface area contributed by atoms with E-state index in [4.69, 9.17) is 9.41 Å². The molecule has 0 bridgehead atoms. The Morgan fingerprint density at radius 1 is 1.12 bits per heavy atom. The van der Waals surface area contributed by atoms with Crippen molar-refractivity contribution in [1.29, 1.82) is 0 Å². The van der Waals surface area contributed by atoms with Crippen LogP contribution in [0.4, 0.5) is 5.69 Å². The van der Waals surface area contributed by atoms with E-state index in [9.17, 15) is 14.7 Å². The topological polar surface area (TPSA) is 83.1 Å². The van der Waals surface area contributed by atoms with Gasteiger partial charge < -0.3 is 9.52 Å². The Kier molecular flexibility index (Phi) is 6.01. The number of benzene rings is 2. The maximum absolute atomic E-state index is 12.9. The Balaban J connectivity index is 1.61. The van der Waals surface area contributed by atoms with Crippen molar-refractivity contribution in [2.24, 2.45) is 4.99 Å². The summed E-state index contributed by atoms with van der Waals surface area (Å²) in [7, 11) is 0. The summed E-state index contributed by atoms with van der Waals surface area (Å²) in [5, 5.41) is 9.82. The minimum atomic E-state index is -0.996. The molecule has 1 aromatic heterocycles. The molecule has 0 radical (unpaired) electrons. The van der Waals surface area contributed by atoms with Gasteiger partial charge in [-0.15, -0.1) is 0 Å². The first-order chi connectivity index (χ1) is 15.4. The standard InChI is InChI=1S/C25H22N2O4S/c1-4-27-23(28)22(32-25(27)26-19-9-8-15(2)16(3)12-19)14-20-10-11-21(31-20)17-6-5-7-18(13-17)24(29)30/h5-14H,4H2,1-3H3,(H,29,30)/b22-14-,26-25?. The average Bonchev–Trinajstić information content (AvgIpc) is 3.35. The molecule has 0 aliphatic carbocycles. The average molecular weight is 447 g/mol. The van der Waals surface area contributed by atoms with Crippen LogP contribution in [0.2, 0.25) is 0 Å². The van der Waals surface area contributed by atoms with Gasteiger partial charge in [0, 0.05) is 18.2 Å². The molecule has 0 saturated carbocycles. The number of amides is 1. The van der Waals surface area contributed by atoms with Gasteiger partial charge in [0.05, 0.1) is 16.2 Å². The lowest BCUT2D eigenvalue weighted by molar-refractivity contribution is -0.122. The molecule has 0 atom stereocenters. The highest BCUT2D eigenvalue weighted by atomic mass is 32.2. The first-order valence-electron chi connectivity index (χ1n) is 10.2. The van der Waals surface area contributed by atoms with Crippen LogP contribution >= 0.6 is 11.8 Å². The lowest BCUT2D eigenvalue weighted by Crippen LogP contribution is -2.28. The smallest absolute Gasteiger partial charge is 0.335 e. The maximum atomic E-state index is 12.9. The van der Waals surface area contributed by atoms with Gasteiger partial charge in [-0.25, -0.2) is 9.79 Å². The third-order valence-electron chi connectivity index (χ3n) is 5.21. The highest BCUT2D eigenvalue weighted by Crippen LogP contribution is 2.35. The summed E-state index contributed by atoms with van der Waals surface area (Å²) in [6.07, 6.45) is 1.70. The van der Waals surface area contributed by atoms with Crippen LogP contribution in [0.15, 0.2) is 68.9 Å². The van der Waals surface area contributed by atoms with Gasteiger partial charge in [0.15, 0.2) is 5.17 Å². The Morgan fingerprint density at radius 2 is 1.94 bits per heavy atom. The van der Waals surface area contributed by atoms with Gasteiger partial charge in [-0.1, -0.05) is 18.2 Å². The SMILES string of the molecule is CCN1C(=O)/C(=C/c2ccc(-c3cccc(C(=O)O)c3)o2)SC1=Nc1ccc(C)c(C)c1. The van der Waals surface area contributed by atoms with Gasteiger partial charge in [0.1, 0.15) is 11.5 Å². The minimum Gasteiger partial charge on any atom is -0.478 e. The molecule has 1 amide bonds. The summed E-state index contributed by atoms with van der Waals surface area (Å²) in [5.41, 5.74) is 3.99. The predicted molar refractivity (Wildman–Crippen MR) is 127 cm³/mol. The lowest BCUT2D eigenvalue weighted by atomic mass is 10.1. The highest BCUT2D eigenvalue weighted by molar-refractivity contribution is 8.18. The number of hydrogen-bond acceptors (Lipinski definition) is 5. The van der Waals surface area contributed by atoms with Crippen LogP contribution in [0.3, 0.4) is 0 Å². The number of hydrogen-bond donors (Lipinski definition) is 1. The van der Waals surface area contributed by atoms with E-state index in [0.717, 1.165) is 11.3 Å². The molecule has 2 aromatic carbocycles. The monoisotopic (exact) mass is 446 g/mol. The molecular weight excluding hydrogens is 424 g/mol. The molecule has 1 aliphatic heterocycles. The van der Waals surface area contributed by atoms with Crippen molar-refractivity contribution in [1.82, 2.24) is 4.90 Å². The van der Waals surface area contributed by atoms with Gasteiger partial charge in [-0.05, 0) is 80.1 Å². The largest absolute Gasteiger partial charge is 0.478 e. The number of carboxylic acid groups (broad SMARTS) is 1. The van der Waals surface area contributed by atoms with Gasteiger partial charge >= 0.3 is 5.97 Å². The zero-order chi connectivity index (χ0) is 22.8. The fraction of sp³-hybridized carbons (Fsp3) is 0.160. The fourth-order valence-corrected chi connectivity index (χ4v) is 4.34. The Labute approximate surface area is 190 Å². The molecule has 1 aliphatic rings. The molecule has 1 fully saturated rings. The Morgan fingerprint density at radius 3 is 2.66 bits per heavy atom. The lowest BCUT2D eigenvalue weighted by Gasteiger charge is -2.12. The van der Waals surface area contributed by atoms with Crippen LogP contribution in [0.25, 0.3) is 17.4 Å². The first kappa shape index (κ1) is 21.6. The van der Waals surface area contributed by atoms with E-state index < -0.39 is 5.97 Å². The molecule has 32 heavy (non-hydrogen) atoms. The molecule has 0 spiro atoms. The second-order valence-corrected chi connectivity index (χ2v) is 8.42. The van der Waals surface area contributed by atoms with Gasteiger partial charge in [0.2, 0.25) is 0 Å². The van der Waals surface area contributed by atoms with Crippen molar-refractivity contribution in [3.63, 3.8) is 0 Å². The van der Waals surface area contributed by atoms with E-state index in [-0.39, 0.29) is 11.5 Å². The Hall–Kier alpha value is -3.58. The normalized spacial score (nSPS) is 16.3. The van der Waals surface area contributed by atoms with Crippen molar-refractivity contribution in [3.05, 3.63) is 82.0 Å². The first-order valence-corrected chi connectivity index (χ1v) is 11.0. The number of rotatable bonds is 5. The third kappa shape index (κ3) is 4.38. The highest BCUT2D eigenvalue weighted by Gasteiger charge is 2.32. The van der Waals surface area contributed by atoms with Crippen molar-refractivity contribution in [2.45, 2.75) is 20.8 Å². The molecule has 7 heteroatoms. The van der Waals surface area contributed by atoms with Crippen molar-refractivity contribution >= 4 is 40.6 Å². The minimum absolute atomic E-state index is 0.120. The number of aromatic carboxylic acids is 1. The van der Waals surface area contributed by atoms with Gasteiger partial charge in [-0.2, -0.15) is 0 Å². The molecule has 162 valence electrons. The number of nitrogens with zero attached hydrogens (tertiary/aromatic N) is 2. The number of amidine groups is 1. The molecule has 3 aromatic rings. The summed E-state index contributed by atoms with van der Waals surface area (Å²) in [6, 6.07) is 16.0. The van der Waals surface area contributed by atoms with Crippen LogP contribution in [-0.4, -0.2) is 33.6 Å². The molecule has 1 saturated heterocycles. The van der Waals surface area contributed by atoms with Gasteiger partial charge in [0.25, 0.3) is 5.91 Å². The van der Waals surface area contributed by atoms with Crippen molar-refractivity contribution in [2.75, 3.05) is 6.54 Å². The van der Waals surface area contributed by atoms with Crippen LogP contribution < -0.4 is 0 Å². The summed E-state index contributed by atoms with van der Waals surface area (Å²) in [5.74, 6) is -0.0679. The molecule has 2 heterocycles. The van der Waals surface area contributed by atoms with E-state index in [1.54, 1.807) is 41.3 Å². The van der Waals surface area contributed by atoms with Crippen LogP contribution in [0, 0.1) is 13.8 Å². The van der Waals surface area contributed by atoms with Crippen LogP contribution in [0.1, 0.15) is 34.2 Å². The molecule has 1 N–H and O–H groups in total. The third-order valence-corrected chi connectivity index (χ3v) is 6.22. The summed E-state index contributed by atoms with van der Waals surface area (Å²) >= 11 is 1.31. The number of carbonyl (C=O) groups excluding carboxylic acids is 1. The molecular formula is C25H22N2O4S. The summed E-state index contributed by atoms with van der Waals surface area (Å²) in [4.78, 5) is 31.0. The predicted octanol–water partition coefficient (Wildman–Crippen LogP) is 5.89. The zero-order valence-electron chi connectivity index (χ0n) is 18.0. The number of carbonyl (C=O) groups is 2. The number of likely N-dealkylation sites (N-methyl/N-ethyl adjacent to an activating group) is 1. The number of carboxylic acids is 1. The summed E-state index contributed by atoms with van der Waals surface area (Å²) in [6.45, 7) is 6.51. The molecule has 6 nitrogen and oxygen atoms in total. The van der Waals surface area contributed by atoms with E-state index in [1.165, 1.54) is 23.4 Å². The Bertz CT molecular complexity index is 1270. The fourth-order valence-electron chi connectivity index (χ4n) is 3.30. The van der Waals surface area contributed by atoms with Crippen LogP contribution in [0.5, 0.6) is 0 Å². The second kappa shape index (κ2) is 8.88. The van der Waals surface area contributed by atoms with E-state index in [1.807, 2.05) is 32.0 Å². The number of thioether (sulfide) groups is 1. The summed E-state index contributed by atoms with van der Waals surface area (Å²) < 4.78 is 5.87. The number of aryl methyl sites for hydroxylation is 2. The molecule has 4 rings (SSSR count). The second-order valence-electron chi connectivity index (χ2n) is 7.41. The van der Waals surface area contributed by atoms with Crippen molar-refractivity contribution in [3.8, 4) is 11.3 Å². The number of furan rings is 1. The quantitative estimate of drug-likeness (QED) is 0.495. The van der Waals surface area contributed by atoms with Crippen LogP contribution in [-0.2, 0) is 4.79 Å². The zero-order valence-corrected chi connectivity index (χ0v) is 18.8. The maximum Gasteiger partial charge on any atom is 0.335 e.